The first-order chi connectivity index (χ1) is 20.2. The van der Waals surface area contributed by atoms with E-state index in [2.05, 4.69) is 26.0 Å². The third-order valence-electron chi connectivity index (χ3n) is 8.05. The molecular weight excluding hydrogens is 534 g/mol. The number of nitrogens with one attached hydrogen (secondary N) is 3. The van der Waals surface area contributed by atoms with Gasteiger partial charge in [-0.05, 0) is 44.1 Å². The Morgan fingerprint density at radius 2 is 1.69 bits per heavy atom. The second-order valence-electron chi connectivity index (χ2n) is 11.8. The van der Waals surface area contributed by atoms with E-state index in [4.69, 9.17) is 0 Å². The van der Waals surface area contributed by atoms with Crippen molar-refractivity contribution in [3.05, 3.63) is 47.5 Å². The Hall–Kier alpha value is -3.76. The number of aryl methyl sites for hydroxylation is 1. The van der Waals surface area contributed by atoms with Crippen LogP contribution in [0.1, 0.15) is 82.0 Å². The summed E-state index contributed by atoms with van der Waals surface area (Å²) in [7, 11) is 0. The molecule has 1 fully saturated rings. The van der Waals surface area contributed by atoms with E-state index in [0.29, 0.717) is 50.5 Å². The van der Waals surface area contributed by atoms with Crippen LogP contribution in [0, 0.1) is 18.8 Å². The molecular formula is C31H45N7O4. The highest BCUT2D eigenvalue weighted by atomic mass is 16.2. The summed E-state index contributed by atoms with van der Waals surface area (Å²) in [5.74, 6) is 0.338. The number of hydrogen-bond donors (Lipinski definition) is 3. The van der Waals surface area contributed by atoms with Gasteiger partial charge in [-0.3, -0.25) is 19.2 Å². The van der Waals surface area contributed by atoms with Gasteiger partial charge < -0.3 is 20.9 Å². The molecule has 0 bridgehead atoms. The van der Waals surface area contributed by atoms with Gasteiger partial charge in [0.15, 0.2) is 5.82 Å². The van der Waals surface area contributed by atoms with Crippen LogP contribution in [0.3, 0.4) is 0 Å². The van der Waals surface area contributed by atoms with Crippen molar-refractivity contribution in [2.24, 2.45) is 11.8 Å². The maximum Gasteiger partial charge on any atom is 0.243 e. The van der Waals surface area contributed by atoms with Crippen LogP contribution in [0.4, 0.5) is 0 Å². The van der Waals surface area contributed by atoms with Gasteiger partial charge in [0.25, 0.3) is 0 Å². The number of amides is 4. The molecule has 1 aromatic carbocycles. The zero-order valence-corrected chi connectivity index (χ0v) is 25.1. The Labute approximate surface area is 248 Å². The highest BCUT2D eigenvalue weighted by molar-refractivity contribution is 5.88. The summed E-state index contributed by atoms with van der Waals surface area (Å²) in [4.78, 5) is 59.4. The van der Waals surface area contributed by atoms with E-state index < -0.39 is 12.1 Å². The maximum atomic E-state index is 13.7. The zero-order chi connectivity index (χ0) is 30.1. The van der Waals surface area contributed by atoms with Gasteiger partial charge in [-0.1, -0.05) is 57.0 Å². The van der Waals surface area contributed by atoms with Crippen molar-refractivity contribution in [3.8, 4) is 0 Å². The number of aromatic nitrogens is 3. The van der Waals surface area contributed by atoms with Gasteiger partial charge in [0.05, 0.1) is 6.04 Å². The van der Waals surface area contributed by atoms with Crippen molar-refractivity contribution in [1.82, 2.24) is 35.6 Å². The minimum absolute atomic E-state index is 0.0353. The monoisotopic (exact) mass is 579 g/mol. The van der Waals surface area contributed by atoms with E-state index >= 15 is 0 Å². The quantitative estimate of drug-likeness (QED) is 0.509. The highest BCUT2D eigenvalue weighted by Gasteiger charge is 2.30. The van der Waals surface area contributed by atoms with E-state index in [1.807, 2.05) is 49.1 Å². The fourth-order valence-electron chi connectivity index (χ4n) is 5.81. The van der Waals surface area contributed by atoms with Crippen LogP contribution in [0.25, 0.3) is 0 Å². The number of carbonyl (C=O) groups is 4. The van der Waals surface area contributed by atoms with Crippen LogP contribution in [0.5, 0.6) is 0 Å². The minimum atomic E-state index is -0.808. The van der Waals surface area contributed by atoms with E-state index in [-0.39, 0.29) is 48.4 Å². The van der Waals surface area contributed by atoms with Crippen LogP contribution < -0.4 is 16.0 Å². The summed E-state index contributed by atoms with van der Waals surface area (Å²) < 4.78 is 1.54. The summed E-state index contributed by atoms with van der Waals surface area (Å²) >= 11 is 0. The van der Waals surface area contributed by atoms with Crippen LogP contribution in [0.2, 0.25) is 0 Å². The summed E-state index contributed by atoms with van der Waals surface area (Å²) in [5, 5.41) is 13.4. The Kier molecular flexibility index (Phi) is 11.1. The second kappa shape index (κ2) is 14.9. The van der Waals surface area contributed by atoms with Gasteiger partial charge in [0, 0.05) is 38.4 Å². The van der Waals surface area contributed by atoms with Crippen molar-refractivity contribution in [2.75, 3.05) is 19.6 Å². The number of carbonyl (C=O) groups excluding carboxylic acids is 4. The highest BCUT2D eigenvalue weighted by Crippen LogP contribution is 2.27. The minimum Gasteiger partial charge on any atom is -0.354 e. The fraction of sp³-hybridized carbons (Fsp3) is 0.613. The third-order valence-corrected chi connectivity index (χ3v) is 8.05. The van der Waals surface area contributed by atoms with Gasteiger partial charge in [0.2, 0.25) is 23.6 Å². The first kappa shape index (κ1) is 31.2. The molecule has 2 atom stereocenters. The molecule has 1 aromatic heterocycles. The SMILES string of the molecule is Cc1nc2n(n1)CC(=O)NCCCN(C(=O)C1CCCC1)CCCC(=O)N[C@H](Cc1ccccc1)C(=O)N[C@H]2C(C)C. The fourth-order valence-corrected chi connectivity index (χ4v) is 5.81. The second-order valence-corrected chi connectivity index (χ2v) is 11.8. The first-order valence-electron chi connectivity index (χ1n) is 15.3. The summed E-state index contributed by atoms with van der Waals surface area (Å²) in [6, 6.07) is 8.24. The summed E-state index contributed by atoms with van der Waals surface area (Å²) in [5.41, 5.74) is 0.921. The Morgan fingerprint density at radius 3 is 2.40 bits per heavy atom. The first-order valence-corrected chi connectivity index (χ1v) is 15.3. The van der Waals surface area contributed by atoms with Gasteiger partial charge in [-0.25, -0.2) is 9.67 Å². The van der Waals surface area contributed by atoms with Crippen molar-refractivity contribution < 1.29 is 19.2 Å². The molecule has 1 aliphatic carbocycles. The van der Waals surface area contributed by atoms with Crippen LogP contribution in [0.15, 0.2) is 30.3 Å². The Bertz CT molecular complexity index is 1220. The van der Waals surface area contributed by atoms with Crippen LogP contribution >= 0.6 is 0 Å². The molecule has 42 heavy (non-hydrogen) atoms. The zero-order valence-electron chi connectivity index (χ0n) is 25.1. The predicted molar refractivity (Wildman–Crippen MR) is 158 cm³/mol. The smallest absolute Gasteiger partial charge is 0.243 e. The lowest BCUT2D eigenvalue weighted by Crippen LogP contribution is -2.50. The molecule has 2 aromatic rings. The van der Waals surface area contributed by atoms with E-state index in [9.17, 15) is 19.2 Å². The molecule has 1 saturated carbocycles. The molecule has 0 saturated heterocycles. The van der Waals surface area contributed by atoms with E-state index in [1.165, 1.54) is 0 Å². The van der Waals surface area contributed by atoms with E-state index in [1.54, 1.807) is 11.6 Å². The lowest BCUT2D eigenvalue weighted by molar-refractivity contribution is -0.136. The van der Waals surface area contributed by atoms with Crippen molar-refractivity contribution in [2.45, 2.75) is 90.8 Å². The average Bonchev–Trinajstić information content (AvgIpc) is 3.62. The maximum absolute atomic E-state index is 13.7. The van der Waals surface area contributed by atoms with E-state index in [0.717, 1.165) is 31.2 Å². The molecule has 4 amide bonds. The van der Waals surface area contributed by atoms with Crippen molar-refractivity contribution in [1.29, 1.82) is 0 Å². The summed E-state index contributed by atoms with van der Waals surface area (Å²) in [6.07, 6.45) is 5.56. The summed E-state index contributed by atoms with van der Waals surface area (Å²) in [6.45, 7) is 7.04. The predicted octanol–water partition coefficient (Wildman–Crippen LogP) is 2.45. The standard InChI is InChI=1S/C31H45N7O4/c1-21(2)28-29-33-22(3)36-38(29)20-27(40)32-16-10-18-37(31(42)24-13-7-8-14-24)17-9-15-26(39)34-25(30(41)35-28)19-23-11-5-4-6-12-23/h4-6,11-12,21,24-25,28H,7-10,13-20H2,1-3H3,(H,32,40)(H,34,39)(H,35,41)/t25-,28+/m1/s1. The van der Waals surface area contributed by atoms with Gasteiger partial charge in [0.1, 0.15) is 18.4 Å². The molecule has 4 rings (SSSR count). The lowest BCUT2D eigenvalue weighted by Gasteiger charge is -2.27. The average molecular weight is 580 g/mol. The normalized spacial score (nSPS) is 22.1. The lowest BCUT2D eigenvalue weighted by atomic mass is 10.0. The van der Waals surface area contributed by atoms with Crippen LogP contribution in [-0.2, 0) is 32.1 Å². The molecule has 0 spiro atoms. The third kappa shape index (κ3) is 8.62. The van der Waals surface area contributed by atoms with Gasteiger partial charge in [-0.2, -0.15) is 5.10 Å². The van der Waals surface area contributed by atoms with Gasteiger partial charge >= 0.3 is 0 Å². The molecule has 1 aliphatic heterocycles. The van der Waals surface area contributed by atoms with Crippen LogP contribution in [-0.4, -0.2) is 69.0 Å². The number of nitrogens with zero attached hydrogens (tertiary/aromatic N) is 4. The molecule has 0 radical (unpaired) electrons. The molecule has 2 heterocycles. The largest absolute Gasteiger partial charge is 0.354 e. The molecule has 2 aliphatic rings. The van der Waals surface area contributed by atoms with Crippen molar-refractivity contribution in [3.63, 3.8) is 0 Å². The number of fused-ring (bicyclic) bond motifs is 1. The molecule has 11 nitrogen and oxygen atoms in total. The van der Waals surface area contributed by atoms with Crippen molar-refractivity contribution >= 4 is 23.6 Å². The number of hydrogen-bond acceptors (Lipinski definition) is 6. The Morgan fingerprint density at radius 1 is 0.976 bits per heavy atom. The Balaban J connectivity index is 1.58. The molecule has 228 valence electrons. The molecule has 11 heteroatoms. The number of rotatable bonds is 4. The molecule has 3 N–H and O–H groups in total. The van der Waals surface area contributed by atoms with Gasteiger partial charge in [-0.15, -0.1) is 0 Å². The topological polar surface area (TPSA) is 138 Å². The number of benzene rings is 1. The molecule has 0 unspecified atom stereocenters.